The van der Waals surface area contributed by atoms with Gasteiger partial charge in [0.15, 0.2) is 0 Å². The number of benzene rings is 1. The summed E-state index contributed by atoms with van der Waals surface area (Å²) in [6.45, 7) is 1.73. The van der Waals surface area contributed by atoms with Crippen LogP contribution in [0.4, 0.5) is 5.69 Å². The summed E-state index contributed by atoms with van der Waals surface area (Å²) in [6.07, 6.45) is 1.97. The number of likely N-dealkylation sites (N-methyl/N-ethyl adjacent to an activating group) is 1. The number of halogens is 1. The van der Waals surface area contributed by atoms with E-state index in [1.807, 2.05) is 0 Å². The average molecular weight is 342 g/mol. The lowest BCUT2D eigenvalue weighted by Crippen LogP contribution is -2.46. The molecule has 1 amide bonds. The highest BCUT2D eigenvalue weighted by molar-refractivity contribution is 9.10. The number of piperidine rings is 1. The second kappa shape index (κ2) is 6.32. The van der Waals surface area contributed by atoms with Gasteiger partial charge >= 0.3 is 0 Å². The van der Waals surface area contributed by atoms with Gasteiger partial charge in [0.2, 0.25) is 0 Å². The van der Waals surface area contributed by atoms with Gasteiger partial charge in [-0.05, 0) is 41.4 Å². The number of nitrogens with one attached hydrogen (secondary N) is 1. The minimum atomic E-state index is -0.495. The normalized spacial score (nSPS) is 18.6. The number of carbonyl (C=O) groups is 1. The molecular formula is C13H16BrN3O3. The fourth-order valence-electron chi connectivity index (χ4n) is 2.31. The Labute approximate surface area is 125 Å². The van der Waals surface area contributed by atoms with Gasteiger partial charge in [-0.15, -0.1) is 0 Å². The molecule has 108 valence electrons. The van der Waals surface area contributed by atoms with Crippen LogP contribution in [0.5, 0.6) is 0 Å². The number of hydrogen-bond donors (Lipinski definition) is 1. The molecule has 7 heteroatoms. The minimum Gasteiger partial charge on any atom is -0.337 e. The highest BCUT2D eigenvalue weighted by Gasteiger charge is 2.25. The van der Waals surface area contributed by atoms with E-state index in [-0.39, 0.29) is 17.6 Å². The predicted octanol–water partition coefficient (Wildman–Crippen LogP) is 2.18. The number of amides is 1. The Bertz CT molecular complexity index is 530. The third-order valence-electron chi connectivity index (χ3n) is 3.53. The van der Waals surface area contributed by atoms with Crippen molar-refractivity contribution in [2.75, 3.05) is 20.1 Å². The number of nitro benzene ring substituents is 1. The summed E-state index contributed by atoms with van der Waals surface area (Å²) in [7, 11) is 1.74. The zero-order valence-corrected chi connectivity index (χ0v) is 12.7. The van der Waals surface area contributed by atoms with Gasteiger partial charge in [-0.25, -0.2) is 0 Å². The lowest BCUT2D eigenvalue weighted by Gasteiger charge is -2.31. The van der Waals surface area contributed by atoms with Crippen molar-refractivity contribution < 1.29 is 9.72 Å². The number of nitro groups is 1. The minimum absolute atomic E-state index is 0.0771. The van der Waals surface area contributed by atoms with Crippen LogP contribution in [0.2, 0.25) is 0 Å². The number of carbonyl (C=O) groups excluding carboxylic acids is 1. The second-order valence-electron chi connectivity index (χ2n) is 4.84. The highest BCUT2D eigenvalue weighted by Crippen LogP contribution is 2.24. The maximum atomic E-state index is 12.5. The van der Waals surface area contributed by atoms with E-state index in [1.165, 1.54) is 12.1 Å². The van der Waals surface area contributed by atoms with Crippen LogP contribution >= 0.6 is 15.9 Å². The molecule has 1 N–H and O–H groups in total. The van der Waals surface area contributed by atoms with Crippen molar-refractivity contribution in [1.82, 2.24) is 10.2 Å². The highest BCUT2D eigenvalue weighted by atomic mass is 79.9. The molecule has 0 bridgehead atoms. The molecule has 1 unspecified atom stereocenters. The van der Waals surface area contributed by atoms with E-state index in [0.717, 1.165) is 25.9 Å². The zero-order chi connectivity index (χ0) is 14.7. The first-order valence-corrected chi connectivity index (χ1v) is 7.22. The van der Waals surface area contributed by atoms with E-state index < -0.39 is 4.92 Å². The van der Waals surface area contributed by atoms with Crippen LogP contribution in [0.25, 0.3) is 0 Å². The molecule has 0 aromatic heterocycles. The molecule has 1 aromatic carbocycles. The summed E-state index contributed by atoms with van der Waals surface area (Å²) in [5.41, 5.74) is 0.249. The summed E-state index contributed by atoms with van der Waals surface area (Å²) in [4.78, 5) is 24.5. The van der Waals surface area contributed by atoms with E-state index >= 15 is 0 Å². The van der Waals surface area contributed by atoms with Gasteiger partial charge in [-0.2, -0.15) is 0 Å². The topological polar surface area (TPSA) is 75.5 Å². The molecule has 1 aliphatic heterocycles. The molecule has 2 rings (SSSR count). The molecule has 1 aromatic rings. The van der Waals surface area contributed by atoms with Crippen molar-refractivity contribution in [2.24, 2.45) is 0 Å². The van der Waals surface area contributed by atoms with Crippen LogP contribution in [0.3, 0.4) is 0 Å². The average Bonchev–Trinajstić information content (AvgIpc) is 2.47. The van der Waals surface area contributed by atoms with Crippen molar-refractivity contribution in [3.8, 4) is 0 Å². The third kappa shape index (κ3) is 3.16. The summed E-state index contributed by atoms with van der Waals surface area (Å²) in [6, 6.07) is 4.36. The fraction of sp³-hybridized carbons (Fsp3) is 0.462. The molecule has 1 saturated heterocycles. The standard InChI is InChI=1S/C13H16BrN3O3/c1-16(10-3-2-6-15-8-10)13(18)11-7-9(17(19)20)4-5-12(11)14/h4-5,7,10,15H,2-3,6,8H2,1H3. The first-order chi connectivity index (χ1) is 9.50. The Morgan fingerprint density at radius 2 is 2.30 bits per heavy atom. The van der Waals surface area contributed by atoms with Crippen LogP contribution < -0.4 is 5.32 Å². The van der Waals surface area contributed by atoms with E-state index in [9.17, 15) is 14.9 Å². The van der Waals surface area contributed by atoms with Gasteiger partial charge in [0.1, 0.15) is 0 Å². The van der Waals surface area contributed by atoms with Gasteiger partial charge in [0.05, 0.1) is 10.5 Å². The van der Waals surface area contributed by atoms with E-state index in [2.05, 4.69) is 21.2 Å². The van der Waals surface area contributed by atoms with Gasteiger partial charge < -0.3 is 10.2 Å². The van der Waals surface area contributed by atoms with Crippen molar-refractivity contribution in [1.29, 1.82) is 0 Å². The molecule has 0 saturated carbocycles. The maximum Gasteiger partial charge on any atom is 0.270 e. The molecule has 20 heavy (non-hydrogen) atoms. The van der Waals surface area contributed by atoms with Gasteiger partial charge in [0.25, 0.3) is 11.6 Å². The summed E-state index contributed by atoms with van der Waals surface area (Å²) in [5, 5.41) is 14.1. The first-order valence-electron chi connectivity index (χ1n) is 6.42. The number of non-ortho nitro benzene ring substituents is 1. The summed E-state index contributed by atoms with van der Waals surface area (Å²) in [5.74, 6) is -0.200. The monoisotopic (exact) mass is 341 g/mol. The first kappa shape index (κ1) is 14.9. The zero-order valence-electron chi connectivity index (χ0n) is 11.1. The van der Waals surface area contributed by atoms with Crippen molar-refractivity contribution in [3.63, 3.8) is 0 Å². The Hall–Kier alpha value is -1.47. The van der Waals surface area contributed by atoms with Gasteiger partial charge in [-0.1, -0.05) is 0 Å². The predicted molar refractivity (Wildman–Crippen MR) is 78.8 cm³/mol. The maximum absolute atomic E-state index is 12.5. The number of rotatable bonds is 3. The molecule has 1 atom stereocenters. The van der Waals surface area contributed by atoms with Gasteiger partial charge in [0, 0.05) is 36.2 Å². The SMILES string of the molecule is CN(C(=O)c1cc([N+](=O)[O-])ccc1Br)C1CCCNC1. The summed E-state index contributed by atoms with van der Waals surface area (Å²) >= 11 is 3.29. The lowest BCUT2D eigenvalue weighted by molar-refractivity contribution is -0.384. The molecule has 1 fully saturated rings. The third-order valence-corrected chi connectivity index (χ3v) is 4.22. The molecule has 6 nitrogen and oxygen atoms in total. The largest absolute Gasteiger partial charge is 0.337 e. The van der Waals surface area contributed by atoms with Crippen LogP contribution in [-0.2, 0) is 0 Å². The van der Waals surface area contributed by atoms with Crippen LogP contribution in [0, 0.1) is 10.1 Å². The van der Waals surface area contributed by atoms with Crippen molar-refractivity contribution in [2.45, 2.75) is 18.9 Å². The molecule has 1 heterocycles. The second-order valence-corrected chi connectivity index (χ2v) is 5.69. The van der Waals surface area contributed by atoms with Crippen molar-refractivity contribution in [3.05, 3.63) is 38.3 Å². The van der Waals surface area contributed by atoms with Gasteiger partial charge in [-0.3, -0.25) is 14.9 Å². The Morgan fingerprint density at radius 3 is 2.90 bits per heavy atom. The quantitative estimate of drug-likeness (QED) is 0.675. The van der Waals surface area contributed by atoms with Crippen LogP contribution in [0.1, 0.15) is 23.2 Å². The van der Waals surface area contributed by atoms with Crippen molar-refractivity contribution >= 4 is 27.5 Å². The smallest absolute Gasteiger partial charge is 0.270 e. The summed E-state index contributed by atoms with van der Waals surface area (Å²) < 4.78 is 0.573. The number of hydrogen-bond acceptors (Lipinski definition) is 4. The molecule has 1 aliphatic rings. The van der Waals surface area contributed by atoms with Crippen LogP contribution in [0.15, 0.2) is 22.7 Å². The molecule has 0 aliphatic carbocycles. The number of nitrogens with zero attached hydrogens (tertiary/aromatic N) is 2. The van der Waals surface area contributed by atoms with Crippen LogP contribution in [-0.4, -0.2) is 41.9 Å². The van der Waals surface area contributed by atoms with E-state index in [4.69, 9.17) is 0 Å². The Kier molecular flexibility index (Phi) is 4.72. The molecule has 0 radical (unpaired) electrons. The van der Waals surface area contributed by atoms with E-state index in [1.54, 1.807) is 18.0 Å². The molecule has 0 spiro atoms. The Balaban J connectivity index is 2.23. The molecular weight excluding hydrogens is 326 g/mol. The Morgan fingerprint density at radius 1 is 1.55 bits per heavy atom. The lowest BCUT2D eigenvalue weighted by atomic mass is 10.0. The van der Waals surface area contributed by atoms with E-state index in [0.29, 0.717) is 10.0 Å². The fourth-order valence-corrected chi connectivity index (χ4v) is 2.73.